The first kappa shape index (κ1) is 26.1. The number of thiazole rings is 1. The van der Waals surface area contributed by atoms with Crippen LogP contribution < -0.4 is 9.64 Å². The van der Waals surface area contributed by atoms with Gasteiger partial charge in [0.05, 0.1) is 36.7 Å². The topological polar surface area (TPSA) is 123 Å². The number of aliphatic hydroxyl groups is 1. The van der Waals surface area contributed by atoms with E-state index in [2.05, 4.69) is 9.97 Å². The van der Waals surface area contributed by atoms with Crippen molar-refractivity contribution in [2.45, 2.75) is 33.7 Å². The van der Waals surface area contributed by atoms with Gasteiger partial charge in [0.15, 0.2) is 10.9 Å². The molecule has 4 aromatic rings. The van der Waals surface area contributed by atoms with Gasteiger partial charge in [-0.15, -0.1) is 0 Å². The van der Waals surface area contributed by atoms with E-state index in [0.717, 1.165) is 16.9 Å². The third kappa shape index (κ3) is 4.24. The summed E-state index contributed by atoms with van der Waals surface area (Å²) in [6, 6.07) is 9.66. The van der Waals surface area contributed by atoms with E-state index in [-0.39, 0.29) is 21.3 Å². The van der Waals surface area contributed by atoms with E-state index in [4.69, 9.17) is 9.47 Å². The molecule has 0 radical (unpaired) electrons. The molecular weight excluding hydrogens is 520 g/mol. The maximum atomic E-state index is 13.6. The number of Topliss-reactive ketones (excluding diaryl/α,β-unsaturated/α-hetero) is 1. The zero-order valence-corrected chi connectivity index (χ0v) is 22.8. The Labute approximate surface area is 228 Å². The lowest BCUT2D eigenvalue weighted by molar-refractivity contribution is -0.132. The standard InChI is InChI=1S/C28H26N4O6S/c1-6-38-18-11-7-10-17(13-18)21-19(22(33)20-16(4)31-12-8-9-14(2)25(31)30-20)23(34)26(35)32(21)28-29-15(3)24(39-28)27(36)37-5/h7-13,21,33H,6H2,1-5H3. The number of nitrogens with zero attached hydrogens (tertiary/aromatic N) is 4. The number of pyridine rings is 1. The van der Waals surface area contributed by atoms with Crippen LogP contribution in [-0.2, 0) is 14.3 Å². The molecule has 10 nitrogen and oxygen atoms in total. The predicted octanol–water partition coefficient (Wildman–Crippen LogP) is 4.53. The van der Waals surface area contributed by atoms with Crippen molar-refractivity contribution in [1.82, 2.24) is 14.4 Å². The van der Waals surface area contributed by atoms with Crippen LogP contribution >= 0.6 is 11.3 Å². The lowest BCUT2D eigenvalue weighted by Crippen LogP contribution is -2.29. The highest BCUT2D eigenvalue weighted by Crippen LogP contribution is 2.44. The Morgan fingerprint density at radius 2 is 1.90 bits per heavy atom. The first-order chi connectivity index (χ1) is 18.7. The van der Waals surface area contributed by atoms with Crippen LogP contribution in [0.15, 0.2) is 48.2 Å². The van der Waals surface area contributed by atoms with Crippen molar-refractivity contribution in [2.75, 3.05) is 18.6 Å². The number of ether oxygens (including phenoxy) is 2. The Balaban J connectivity index is 1.76. The average molecular weight is 547 g/mol. The van der Waals surface area contributed by atoms with Gasteiger partial charge in [0.2, 0.25) is 0 Å². The molecule has 0 saturated carbocycles. The van der Waals surface area contributed by atoms with Crippen LogP contribution in [0.1, 0.15) is 50.8 Å². The molecule has 39 heavy (non-hydrogen) atoms. The van der Waals surface area contributed by atoms with Gasteiger partial charge in [-0.2, -0.15) is 0 Å². The third-order valence-electron chi connectivity index (χ3n) is 6.60. The Hall–Kier alpha value is -4.51. The first-order valence-electron chi connectivity index (χ1n) is 12.2. The highest BCUT2D eigenvalue weighted by atomic mass is 32.1. The molecule has 1 N–H and O–H groups in total. The number of imidazole rings is 1. The quantitative estimate of drug-likeness (QED) is 0.162. The van der Waals surface area contributed by atoms with Crippen LogP contribution in [0.4, 0.5) is 5.13 Å². The van der Waals surface area contributed by atoms with Crippen LogP contribution in [0.5, 0.6) is 5.75 Å². The van der Waals surface area contributed by atoms with Crippen LogP contribution in [0, 0.1) is 20.8 Å². The second-order valence-electron chi connectivity index (χ2n) is 9.01. The molecule has 11 heteroatoms. The van der Waals surface area contributed by atoms with E-state index in [1.807, 2.05) is 36.6 Å². The highest BCUT2D eigenvalue weighted by Gasteiger charge is 2.49. The molecule has 1 unspecified atom stereocenters. The van der Waals surface area contributed by atoms with E-state index >= 15 is 0 Å². The van der Waals surface area contributed by atoms with Gasteiger partial charge in [0, 0.05) is 6.20 Å². The molecule has 1 aliphatic heterocycles. The maximum Gasteiger partial charge on any atom is 0.350 e. The lowest BCUT2D eigenvalue weighted by atomic mass is 9.96. The zero-order chi connectivity index (χ0) is 28.0. The van der Waals surface area contributed by atoms with Crippen molar-refractivity contribution >= 4 is 45.5 Å². The number of hydrogen-bond acceptors (Lipinski definition) is 9. The van der Waals surface area contributed by atoms with E-state index in [9.17, 15) is 19.5 Å². The summed E-state index contributed by atoms with van der Waals surface area (Å²) in [6.45, 7) is 7.56. The van der Waals surface area contributed by atoms with Crippen molar-refractivity contribution in [2.24, 2.45) is 0 Å². The molecule has 1 aliphatic rings. The van der Waals surface area contributed by atoms with Gasteiger partial charge in [-0.1, -0.05) is 29.5 Å². The minimum Gasteiger partial charge on any atom is -0.505 e. The number of amides is 1. The van der Waals surface area contributed by atoms with Gasteiger partial charge in [-0.3, -0.25) is 14.5 Å². The van der Waals surface area contributed by atoms with Crippen molar-refractivity contribution in [1.29, 1.82) is 0 Å². The smallest absolute Gasteiger partial charge is 0.350 e. The minimum absolute atomic E-state index is 0.128. The van der Waals surface area contributed by atoms with Crippen molar-refractivity contribution in [3.05, 3.63) is 81.3 Å². The summed E-state index contributed by atoms with van der Waals surface area (Å²) in [6.07, 6.45) is 1.82. The number of carbonyl (C=O) groups excluding carboxylic acids is 3. The Morgan fingerprint density at radius 1 is 1.13 bits per heavy atom. The van der Waals surface area contributed by atoms with Gasteiger partial charge < -0.3 is 19.0 Å². The fourth-order valence-electron chi connectivity index (χ4n) is 4.73. The summed E-state index contributed by atoms with van der Waals surface area (Å²) in [5.74, 6) is -2.24. The number of carbonyl (C=O) groups is 3. The van der Waals surface area contributed by atoms with Gasteiger partial charge >= 0.3 is 11.9 Å². The number of benzene rings is 1. The molecule has 5 rings (SSSR count). The summed E-state index contributed by atoms with van der Waals surface area (Å²) in [5.41, 5.74) is 3.05. The molecule has 0 bridgehead atoms. The Bertz CT molecular complexity index is 1680. The molecule has 1 aromatic carbocycles. The number of aromatic nitrogens is 3. The lowest BCUT2D eigenvalue weighted by Gasteiger charge is -2.23. The average Bonchev–Trinajstić information content (AvgIpc) is 3.56. The SMILES string of the molecule is CCOc1cccc(C2C(=C(O)c3nc4c(C)cccn4c3C)C(=O)C(=O)N2c2nc(C)c(C(=O)OC)s2)c1. The van der Waals surface area contributed by atoms with Crippen molar-refractivity contribution in [3.8, 4) is 5.75 Å². The molecular formula is C28H26N4O6S. The fourth-order valence-corrected chi connectivity index (χ4v) is 5.74. The number of fused-ring (bicyclic) bond motifs is 1. The second-order valence-corrected chi connectivity index (χ2v) is 9.99. The maximum absolute atomic E-state index is 13.6. The highest BCUT2D eigenvalue weighted by molar-refractivity contribution is 7.17. The largest absolute Gasteiger partial charge is 0.505 e. The monoisotopic (exact) mass is 546 g/mol. The molecule has 0 aliphatic carbocycles. The van der Waals surface area contributed by atoms with Gasteiger partial charge in [0.25, 0.3) is 5.78 Å². The van der Waals surface area contributed by atoms with E-state index in [0.29, 0.717) is 35.0 Å². The van der Waals surface area contributed by atoms with Gasteiger partial charge in [-0.05, 0) is 57.0 Å². The fraction of sp³-hybridized carbons (Fsp3) is 0.250. The number of hydrogen-bond donors (Lipinski definition) is 1. The molecule has 1 atom stereocenters. The third-order valence-corrected chi connectivity index (χ3v) is 7.74. The molecule has 1 amide bonds. The number of anilines is 1. The van der Waals surface area contributed by atoms with Gasteiger partial charge in [-0.25, -0.2) is 14.8 Å². The minimum atomic E-state index is -1.05. The van der Waals surface area contributed by atoms with E-state index < -0.39 is 29.5 Å². The van der Waals surface area contributed by atoms with Crippen LogP contribution in [0.3, 0.4) is 0 Å². The van der Waals surface area contributed by atoms with E-state index in [1.165, 1.54) is 12.0 Å². The summed E-state index contributed by atoms with van der Waals surface area (Å²) >= 11 is 0.939. The Kier molecular flexibility index (Phi) is 6.69. The first-order valence-corrected chi connectivity index (χ1v) is 13.0. The molecule has 4 heterocycles. The number of esters is 1. The number of rotatable bonds is 6. The summed E-state index contributed by atoms with van der Waals surface area (Å²) in [5, 5.41) is 11.7. The number of aliphatic hydroxyl groups excluding tert-OH is 1. The van der Waals surface area contributed by atoms with Crippen LogP contribution in [-0.4, -0.2) is 50.9 Å². The number of ketones is 1. The molecule has 0 spiro atoms. The summed E-state index contributed by atoms with van der Waals surface area (Å²) < 4.78 is 12.3. The van der Waals surface area contributed by atoms with E-state index in [1.54, 1.807) is 38.1 Å². The van der Waals surface area contributed by atoms with Gasteiger partial charge in [0.1, 0.15) is 22.0 Å². The van der Waals surface area contributed by atoms with Crippen LogP contribution in [0.25, 0.3) is 11.4 Å². The summed E-state index contributed by atoms with van der Waals surface area (Å²) in [7, 11) is 1.26. The van der Waals surface area contributed by atoms with Crippen LogP contribution in [0.2, 0.25) is 0 Å². The van der Waals surface area contributed by atoms with Crippen molar-refractivity contribution < 1.29 is 29.0 Å². The molecule has 1 saturated heterocycles. The molecule has 1 fully saturated rings. The number of aryl methyl sites for hydroxylation is 3. The number of methoxy groups -OCH3 is 1. The normalized spacial score (nSPS) is 16.7. The summed E-state index contributed by atoms with van der Waals surface area (Å²) in [4.78, 5) is 49.9. The second kappa shape index (κ2) is 9.99. The van der Waals surface area contributed by atoms with Crippen molar-refractivity contribution in [3.63, 3.8) is 0 Å². The zero-order valence-electron chi connectivity index (χ0n) is 22.0. The molecule has 3 aromatic heterocycles. The predicted molar refractivity (Wildman–Crippen MR) is 145 cm³/mol. The Morgan fingerprint density at radius 3 is 2.59 bits per heavy atom. The molecule has 200 valence electrons.